The van der Waals surface area contributed by atoms with Crippen molar-refractivity contribution in [2.24, 2.45) is 0 Å². The molecule has 8 nitrogen and oxygen atoms in total. The number of nitrogens with one attached hydrogen (secondary N) is 1. The van der Waals surface area contributed by atoms with Crippen LogP contribution in [0.2, 0.25) is 0 Å². The van der Waals surface area contributed by atoms with Crippen molar-refractivity contribution < 1.29 is 24.3 Å². The van der Waals surface area contributed by atoms with E-state index in [0.717, 1.165) is 5.56 Å². The van der Waals surface area contributed by atoms with E-state index in [1.807, 2.05) is 30.3 Å². The summed E-state index contributed by atoms with van der Waals surface area (Å²) in [5, 5.41) is 11.9. The van der Waals surface area contributed by atoms with Gasteiger partial charge in [0, 0.05) is 6.42 Å². The number of benzene rings is 1. The summed E-state index contributed by atoms with van der Waals surface area (Å²) in [6.45, 7) is 5.29. The highest BCUT2D eigenvalue weighted by Crippen LogP contribution is 2.11. The molecule has 0 aliphatic carbocycles. The normalized spacial score (nSPS) is 12.1. The molecule has 0 aromatic heterocycles. The summed E-state index contributed by atoms with van der Waals surface area (Å²) in [5.74, 6) is -0.0973. The number of rotatable bonds is 11. The largest absolute Gasteiger partial charge is 0.444 e. The Morgan fingerprint density at radius 2 is 1.81 bits per heavy atom. The van der Waals surface area contributed by atoms with Crippen molar-refractivity contribution >= 4 is 11.9 Å². The maximum Gasteiger partial charge on any atom is 0.408 e. The van der Waals surface area contributed by atoms with Crippen LogP contribution in [0.1, 0.15) is 52.0 Å². The molecule has 1 amide bonds. The first-order chi connectivity index (χ1) is 12.7. The van der Waals surface area contributed by atoms with Gasteiger partial charge in [0.1, 0.15) is 5.60 Å². The topological polar surface area (TPSA) is 108 Å². The zero-order valence-electron chi connectivity index (χ0n) is 16.1. The van der Waals surface area contributed by atoms with Crippen molar-refractivity contribution in [1.29, 1.82) is 0 Å². The average molecular weight is 380 g/mol. The molecule has 0 bridgehead atoms. The maximum absolute atomic E-state index is 12.6. The number of nitrogens with zero attached hydrogens (tertiary/aromatic N) is 1. The van der Waals surface area contributed by atoms with Gasteiger partial charge in [0.05, 0.1) is 12.6 Å². The van der Waals surface area contributed by atoms with Gasteiger partial charge in [-0.05, 0) is 45.6 Å². The Bertz CT molecular complexity index is 612. The van der Waals surface area contributed by atoms with Crippen LogP contribution in [0.5, 0.6) is 0 Å². The van der Waals surface area contributed by atoms with Gasteiger partial charge in [0.2, 0.25) is 0 Å². The smallest absolute Gasteiger partial charge is 0.408 e. The second-order valence-corrected chi connectivity index (χ2v) is 7.22. The Hall–Kier alpha value is -2.64. The van der Waals surface area contributed by atoms with Gasteiger partial charge in [0.15, 0.2) is 5.78 Å². The van der Waals surface area contributed by atoms with Gasteiger partial charge in [-0.25, -0.2) is 4.79 Å². The summed E-state index contributed by atoms with van der Waals surface area (Å²) in [7, 11) is 0. The summed E-state index contributed by atoms with van der Waals surface area (Å²) in [4.78, 5) is 39.0. The average Bonchev–Trinajstić information content (AvgIpc) is 2.56. The lowest BCUT2D eigenvalue weighted by atomic mass is 9.99. The van der Waals surface area contributed by atoms with E-state index in [4.69, 9.17) is 4.74 Å². The van der Waals surface area contributed by atoms with E-state index in [-0.39, 0.29) is 18.8 Å². The molecule has 0 saturated carbocycles. The number of carbonyl (C=O) groups excluding carboxylic acids is 2. The van der Waals surface area contributed by atoms with Crippen LogP contribution >= 0.6 is 0 Å². The molecule has 1 aromatic rings. The fourth-order valence-electron chi connectivity index (χ4n) is 2.44. The number of alkyl carbamates (subject to hydrolysis) is 1. The first-order valence-electron chi connectivity index (χ1n) is 9.01. The summed E-state index contributed by atoms with van der Waals surface area (Å²) in [5.41, 5.74) is 0.285. The minimum Gasteiger partial charge on any atom is -0.444 e. The lowest BCUT2D eigenvalue weighted by Crippen LogP contribution is -2.44. The predicted octanol–water partition coefficient (Wildman–Crippen LogP) is 3.46. The zero-order valence-corrected chi connectivity index (χ0v) is 16.1. The molecule has 8 heteroatoms. The molecule has 0 spiro atoms. The number of ether oxygens (including phenoxy) is 1. The van der Waals surface area contributed by atoms with E-state index < -0.39 is 22.8 Å². The van der Waals surface area contributed by atoms with Crippen LogP contribution in [-0.2, 0) is 20.8 Å². The summed E-state index contributed by atoms with van der Waals surface area (Å²) < 4.78 is 5.25. The van der Waals surface area contributed by atoms with Crippen LogP contribution in [-0.4, -0.2) is 35.2 Å². The molecular weight excluding hydrogens is 352 g/mol. The molecule has 0 aliphatic rings. The Morgan fingerprint density at radius 3 is 2.41 bits per heavy atom. The lowest BCUT2D eigenvalue weighted by Gasteiger charge is -2.23. The number of Topliss-reactive ketones (excluding diaryl/α,β-unsaturated/α-hetero) is 1. The SMILES string of the molecule is CC(C)(C)OC(=O)NC(Cc1ccccc1)C(=O)CCCCCO[N+](=O)[O-]. The van der Waals surface area contributed by atoms with Crippen LogP contribution < -0.4 is 5.32 Å². The molecule has 150 valence electrons. The van der Waals surface area contributed by atoms with Crippen LogP contribution in [0.15, 0.2) is 30.3 Å². The third-order valence-corrected chi connectivity index (χ3v) is 3.63. The van der Waals surface area contributed by atoms with Crippen molar-refractivity contribution in [3.05, 3.63) is 46.0 Å². The van der Waals surface area contributed by atoms with Crippen LogP contribution in [0, 0.1) is 10.1 Å². The minimum atomic E-state index is -0.828. The zero-order chi connectivity index (χ0) is 20.3. The van der Waals surface area contributed by atoms with Crippen molar-refractivity contribution in [2.45, 2.75) is 64.5 Å². The first-order valence-corrected chi connectivity index (χ1v) is 9.01. The summed E-state index contributed by atoms with van der Waals surface area (Å²) >= 11 is 0. The van der Waals surface area contributed by atoms with E-state index in [9.17, 15) is 19.7 Å². The molecule has 0 saturated heterocycles. The van der Waals surface area contributed by atoms with Crippen molar-refractivity contribution in [1.82, 2.24) is 5.32 Å². The van der Waals surface area contributed by atoms with Gasteiger partial charge in [0.25, 0.3) is 5.09 Å². The summed E-state index contributed by atoms with van der Waals surface area (Å²) in [6, 6.07) is 8.74. The second kappa shape index (κ2) is 11.2. The van der Waals surface area contributed by atoms with Gasteiger partial charge in [-0.2, -0.15) is 0 Å². The van der Waals surface area contributed by atoms with E-state index in [1.54, 1.807) is 20.8 Å². The maximum atomic E-state index is 12.6. The third-order valence-electron chi connectivity index (χ3n) is 3.63. The van der Waals surface area contributed by atoms with Crippen molar-refractivity contribution in [3.63, 3.8) is 0 Å². The quantitative estimate of drug-likeness (QED) is 0.358. The molecule has 0 heterocycles. The van der Waals surface area contributed by atoms with E-state index in [0.29, 0.717) is 25.7 Å². The molecule has 1 rings (SSSR count). The Morgan fingerprint density at radius 1 is 1.15 bits per heavy atom. The number of ketones is 1. The molecule has 1 N–H and O–H groups in total. The molecule has 0 radical (unpaired) electrons. The van der Waals surface area contributed by atoms with Gasteiger partial charge in [-0.3, -0.25) is 4.79 Å². The molecule has 0 fully saturated rings. The predicted molar refractivity (Wildman–Crippen MR) is 99.7 cm³/mol. The number of hydrogen-bond acceptors (Lipinski definition) is 6. The van der Waals surface area contributed by atoms with E-state index in [1.165, 1.54) is 0 Å². The highest BCUT2D eigenvalue weighted by molar-refractivity contribution is 5.87. The first kappa shape index (κ1) is 22.4. The van der Waals surface area contributed by atoms with E-state index in [2.05, 4.69) is 10.2 Å². The Kier molecular flexibility index (Phi) is 9.25. The fraction of sp³-hybridized carbons (Fsp3) is 0.579. The minimum absolute atomic E-state index is 0.0186. The molecule has 0 aliphatic heterocycles. The Balaban J connectivity index is 2.57. The second-order valence-electron chi connectivity index (χ2n) is 7.22. The molecule has 27 heavy (non-hydrogen) atoms. The van der Waals surface area contributed by atoms with E-state index >= 15 is 0 Å². The number of amides is 1. The molecule has 1 aromatic carbocycles. The van der Waals surface area contributed by atoms with Crippen LogP contribution in [0.4, 0.5) is 4.79 Å². The fourth-order valence-corrected chi connectivity index (χ4v) is 2.44. The Labute approximate surface area is 159 Å². The number of unbranched alkanes of at least 4 members (excludes halogenated alkanes) is 2. The highest BCUT2D eigenvalue weighted by Gasteiger charge is 2.24. The summed E-state index contributed by atoms with van der Waals surface area (Å²) in [6.07, 6.45) is 1.72. The van der Waals surface area contributed by atoms with Crippen molar-refractivity contribution in [3.8, 4) is 0 Å². The monoisotopic (exact) mass is 380 g/mol. The molecule has 1 unspecified atom stereocenters. The lowest BCUT2D eigenvalue weighted by molar-refractivity contribution is -0.757. The molecular formula is C19H28N2O6. The van der Waals surface area contributed by atoms with Crippen LogP contribution in [0.3, 0.4) is 0 Å². The highest BCUT2D eigenvalue weighted by atomic mass is 16.9. The van der Waals surface area contributed by atoms with Gasteiger partial charge >= 0.3 is 6.09 Å². The number of carbonyl (C=O) groups is 2. The van der Waals surface area contributed by atoms with Crippen LogP contribution in [0.25, 0.3) is 0 Å². The molecule has 1 atom stereocenters. The standard InChI is InChI=1S/C19H28N2O6/c1-19(2,3)27-18(23)20-16(14-15-10-6-4-7-11-15)17(22)12-8-5-9-13-26-21(24)25/h4,6-7,10-11,16H,5,8-9,12-14H2,1-3H3,(H,20,23). The number of hydrogen-bond donors (Lipinski definition) is 1. The van der Waals surface area contributed by atoms with Gasteiger partial charge in [-0.15, -0.1) is 10.1 Å². The third kappa shape index (κ3) is 10.8. The van der Waals surface area contributed by atoms with Crippen molar-refractivity contribution in [2.75, 3.05) is 6.61 Å². The van der Waals surface area contributed by atoms with Gasteiger partial charge in [-0.1, -0.05) is 36.8 Å². The van der Waals surface area contributed by atoms with Gasteiger partial charge < -0.3 is 14.9 Å².